The Morgan fingerprint density at radius 3 is 2.88 bits per heavy atom. The molecule has 3 nitrogen and oxygen atoms in total. The average molecular weight is 215 g/mol. The van der Waals surface area contributed by atoms with Gasteiger partial charge in [-0.2, -0.15) is 0 Å². The van der Waals surface area contributed by atoms with Gasteiger partial charge in [-0.3, -0.25) is 4.79 Å². The van der Waals surface area contributed by atoms with Crippen molar-refractivity contribution in [3.8, 4) is 5.88 Å². The van der Waals surface area contributed by atoms with Gasteiger partial charge in [-0.15, -0.1) is 0 Å². The highest BCUT2D eigenvalue weighted by molar-refractivity contribution is 5.88. The van der Waals surface area contributed by atoms with Crippen molar-refractivity contribution in [3.05, 3.63) is 36.0 Å². The summed E-state index contributed by atoms with van der Waals surface area (Å²) in [5.41, 5.74) is 0.992. The molecule has 0 aliphatic rings. The Balaban J connectivity index is 2.54. The van der Waals surface area contributed by atoms with Gasteiger partial charge < -0.3 is 4.74 Å². The standard InChI is InChI=1S/C13H13NO2/c1-9(15)7-10-3-4-11-5-6-14-13(16-2)12(11)8-10/h3-6,8H,7H2,1-2H3. The first kappa shape index (κ1) is 10.6. The van der Waals surface area contributed by atoms with Crippen LogP contribution in [0, 0.1) is 0 Å². The fourth-order valence-electron chi connectivity index (χ4n) is 1.75. The van der Waals surface area contributed by atoms with E-state index >= 15 is 0 Å². The zero-order chi connectivity index (χ0) is 11.5. The lowest BCUT2D eigenvalue weighted by Gasteiger charge is -2.05. The smallest absolute Gasteiger partial charge is 0.221 e. The van der Waals surface area contributed by atoms with E-state index in [1.165, 1.54) is 0 Å². The van der Waals surface area contributed by atoms with E-state index < -0.39 is 0 Å². The molecule has 0 amide bonds. The zero-order valence-electron chi connectivity index (χ0n) is 9.36. The molecule has 0 aliphatic carbocycles. The molecule has 0 aliphatic heterocycles. The van der Waals surface area contributed by atoms with E-state index in [0.717, 1.165) is 16.3 Å². The van der Waals surface area contributed by atoms with Crippen molar-refractivity contribution in [2.45, 2.75) is 13.3 Å². The molecule has 0 saturated heterocycles. The molecule has 0 fully saturated rings. The molecule has 0 radical (unpaired) electrons. The lowest BCUT2D eigenvalue weighted by molar-refractivity contribution is -0.116. The first-order valence-electron chi connectivity index (χ1n) is 5.12. The number of nitrogens with zero attached hydrogens (tertiary/aromatic N) is 1. The molecule has 0 saturated carbocycles. The van der Waals surface area contributed by atoms with Crippen LogP contribution in [0.15, 0.2) is 30.5 Å². The summed E-state index contributed by atoms with van der Waals surface area (Å²) in [7, 11) is 1.60. The third-order valence-electron chi connectivity index (χ3n) is 2.44. The summed E-state index contributed by atoms with van der Waals surface area (Å²) in [5, 5.41) is 2.02. The van der Waals surface area contributed by atoms with Crippen LogP contribution in [0.25, 0.3) is 10.8 Å². The van der Waals surface area contributed by atoms with Gasteiger partial charge in [-0.1, -0.05) is 12.1 Å². The van der Waals surface area contributed by atoms with E-state index in [9.17, 15) is 4.79 Å². The van der Waals surface area contributed by atoms with E-state index in [2.05, 4.69) is 4.98 Å². The summed E-state index contributed by atoms with van der Waals surface area (Å²) in [4.78, 5) is 15.2. The maximum Gasteiger partial charge on any atom is 0.221 e. The number of benzene rings is 1. The summed E-state index contributed by atoms with van der Waals surface area (Å²) in [6, 6.07) is 7.83. The predicted octanol–water partition coefficient (Wildman–Crippen LogP) is 2.37. The normalized spacial score (nSPS) is 10.4. The monoisotopic (exact) mass is 215 g/mol. The number of carbonyl (C=O) groups excluding carboxylic acids is 1. The molecular formula is C13H13NO2. The van der Waals surface area contributed by atoms with Crippen molar-refractivity contribution in [3.63, 3.8) is 0 Å². The Morgan fingerprint density at radius 2 is 2.19 bits per heavy atom. The van der Waals surface area contributed by atoms with Gasteiger partial charge in [0.05, 0.1) is 7.11 Å². The van der Waals surface area contributed by atoms with Crippen LogP contribution in [0.5, 0.6) is 5.88 Å². The van der Waals surface area contributed by atoms with Crippen LogP contribution in [0.4, 0.5) is 0 Å². The second-order valence-electron chi connectivity index (χ2n) is 3.75. The molecule has 0 spiro atoms. The largest absolute Gasteiger partial charge is 0.481 e. The maximum absolute atomic E-state index is 11.1. The molecule has 3 heteroatoms. The fraction of sp³-hybridized carbons (Fsp3) is 0.231. The van der Waals surface area contributed by atoms with Crippen LogP contribution in [-0.2, 0) is 11.2 Å². The van der Waals surface area contributed by atoms with Crippen LogP contribution in [0.1, 0.15) is 12.5 Å². The molecule has 1 aromatic carbocycles. The minimum Gasteiger partial charge on any atom is -0.481 e. The van der Waals surface area contributed by atoms with Crippen LogP contribution in [0.3, 0.4) is 0 Å². The number of Topliss-reactive ketones (excluding diaryl/α,β-unsaturated/α-hetero) is 1. The second-order valence-corrected chi connectivity index (χ2v) is 3.75. The van der Waals surface area contributed by atoms with Crippen molar-refractivity contribution in [2.24, 2.45) is 0 Å². The molecule has 1 heterocycles. The molecule has 82 valence electrons. The summed E-state index contributed by atoms with van der Waals surface area (Å²) in [6.07, 6.45) is 2.17. The Hall–Kier alpha value is -1.90. The number of rotatable bonds is 3. The Bertz CT molecular complexity index is 534. The third kappa shape index (κ3) is 2.03. The number of ketones is 1. The quantitative estimate of drug-likeness (QED) is 0.789. The lowest BCUT2D eigenvalue weighted by atomic mass is 10.1. The van der Waals surface area contributed by atoms with Crippen LogP contribution in [0.2, 0.25) is 0 Å². The number of fused-ring (bicyclic) bond motifs is 1. The Labute approximate surface area is 94.1 Å². The second kappa shape index (κ2) is 4.31. The topological polar surface area (TPSA) is 39.2 Å². The van der Waals surface area contributed by atoms with Crippen LogP contribution < -0.4 is 4.74 Å². The molecule has 0 N–H and O–H groups in total. The first-order chi connectivity index (χ1) is 7.70. The Morgan fingerprint density at radius 1 is 1.38 bits per heavy atom. The third-order valence-corrected chi connectivity index (χ3v) is 2.44. The first-order valence-corrected chi connectivity index (χ1v) is 5.12. The Kier molecular flexibility index (Phi) is 2.86. The summed E-state index contributed by atoms with van der Waals surface area (Å²) in [6.45, 7) is 1.59. The number of hydrogen-bond donors (Lipinski definition) is 0. The molecule has 0 unspecified atom stereocenters. The fourth-order valence-corrected chi connectivity index (χ4v) is 1.75. The summed E-state index contributed by atoms with van der Waals surface area (Å²) in [5.74, 6) is 0.755. The van der Waals surface area contributed by atoms with E-state index in [1.54, 1.807) is 20.2 Å². The van der Waals surface area contributed by atoms with E-state index in [4.69, 9.17) is 4.74 Å². The van der Waals surface area contributed by atoms with Crippen molar-refractivity contribution in [2.75, 3.05) is 7.11 Å². The molecule has 1 aromatic heterocycles. The number of methoxy groups -OCH3 is 1. The SMILES string of the molecule is COc1nccc2ccc(CC(C)=O)cc12. The molecule has 2 rings (SSSR count). The number of carbonyl (C=O) groups is 1. The lowest BCUT2D eigenvalue weighted by Crippen LogP contribution is -1.96. The van der Waals surface area contributed by atoms with Crippen LogP contribution >= 0.6 is 0 Å². The zero-order valence-corrected chi connectivity index (χ0v) is 9.36. The molecule has 2 aromatic rings. The van der Waals surface area contributed by atoms with Crippen LogP contribution in [-0.4, -0.2) is 17.9 Å². The van der Waals surface area contributed by atoms with Gasteiger partial charge in [0.1, 0.15) is 5.78 Å². The van der Waals surface area contributed by atoms with E-state index in [1.807, 2.05) is 24.3 Å². The summed E-state index contributed by atoms with van der Waals surface area (Å²) < 4.78 is 5.19. The highest BCUT2D eigenvalue weighted by atomic mass is 16.5. The molecule has 0 bridgehead atoms. The van der Waals surface area contributed by atoms with Crippen molar-refractivity contribution in [1.29, 1.82) is 0 Å². The van der Waals surface area contributed by atoms with Gasteiger partial charge in [0, 0.05) is 18.0 Å². The average Bonchev–Trinajstić information content (AvgIpc) is 2.27. The number of pyridine rings is 1. The molecular weight excluding hydrogens is 202 g/mol. The minimum absolute atomic E-state index is 0.155. The van der Waals surface area contributed by atoms with Crippen molar-refractivity contribution >= 4 is 16.6 Å². The minimum atomic E-state index is 0.155. The van der Waals surface area contributed by atoms with Gasteiger partial charge >= 0.3 is 0 Å². The van der Waals surface area contributed by atoms with E-state index in [0.29, 0.717) is 12.3 Å². The van der Waals surface area contributed by atoms with Gasteiger partial charge in [0.15, 0.2) is 0 Å². The number of ether oxygens (including phenoxy) is 1. The van der Waals surface area contributed by atoms with Gasteiger partial charge in [0.2, 0.25) is 5.88 Å². The predicted molar refractivity (Wildman–Crippen MR) is 62.7 cm³/mol. The van der Waals surface area contributed by atoms with Crippen molar-refractivity contribution < 1.29 is 9.53 Å². The number of hydrogen-bond acceptors (Lipinski definition) is 3. The maximum atomic E-state index is 11.1. The van der Waals surface area contributed by atoms with E-state index in [-0.39, 0.29) is 5.78 Å². The van der Waals surface area contributed by atoms with Gasteiger partial charge in [-0.05, 0) is 30.0 Å². The highest BCUT2D eigenvalue weighted by Gasteiger charge is 2.04. The van der Waals surface area contributed by atoms with Crippen molar-refractivity contribution in [1.82, 2.24) is 4.98 Å². The summed E-state index contributed by atoms with van der Waals surface area (Å²) >= 11 is 0. The van der Waals surface area contributed by atoms with Gasteiger partial charge in [0.25, 0.3) is 0 Å². The molecule has 16 heavy (non-hydrogen) atoms. The number of aromatic nitrogens is 1. The van der Waals surface area contributed by atoms with Gasteiger partial charge in [-0.25, -0.2) is 4.98 Å². The highest BCUT2D eigenvalue weighted by Crippen LogP contribution is 2.24. The molecule has 0 atom stereocenters.